The summed E-state index contributed by atoms with van der Waals surface area (Å²) in [6, 6.07) is 0. The molecule has 0 bridgehead atoms. The molecule has 0 aliphatic heterocycles. The molecule has 1 aromatic rings. The van der Waals surface area contributed by atoms with Gasteiger partial charge in [0.05, 0.1) is 0 Å². The summed E-state index contributed by atoms with van der Waals surface area (Å²) in [6.45, 7) is 17.8. The highest BCUT2D eigenvalue weighted by molar-refractivity contribution is 5.74. The Bertz CT molecular complexity index is 426. The minimum atomic E-state index is 1.41. The number of allylic oxidation sites excluding steroid dienone is 2. The van der Waals surface area contributed by atoms with Gasteiger partial charge in [-0.1, -0.05) is 5.57 Å². The van der Waals surface area contributed by atoms with Crippen molar-refractivity contribution in [2.24, 2.45) is 0 Å². The Morgan fingerprint density at radius 1 is 0.562 bits per heavy atom. The Kier molecular flexibility index (Phi) is 3.62. The summed E-state index contributed by atoms with van der Waals surface area (Å²) < 4.78 is 0. The number of benzene rings is 1. The molecule has 88 valence electrons. The molecule has 0 saturated heterocycles. The zero-order valence-corrected chi connectivity index (χ0v) is 12.0. The second-order valence-corrected chi connectivity index (χ2v) is 5.12. The molecule has 0 aliphatic carbocycles. The van der Waals surface area contributed by atoms with Crippen molar-refractivity contribution in [1.29, 1.82) is 0 Å². The molecule has 0 saturated carbocycles. The zero-order valence-electron chi connectivity index (χ0n) is 12.0. The fourth-order valence-electron chi connectivity index (χ4n) is 2.31. The molecule has 0 N–H and O–H groups in total. The molecule has 0 amide bonds. The molecule has 0 unspecified atom stereocenters. The molecular formula is C16H24. The predicted molar refractivity (Wildman–Crippen MR) is 74.1 cm³/mol. The number of rotatable bonds is 1. The molecule has 0 spiro atoms. The maximum absolute atomic E-state index is 2.25. The monoisotopic (exact) mass is 216 g/mol. The molecule has 0 fully saturated rings. The van der Waals surface area contributed by atoms with Crippen LogP contribution in [0.3, 0.4) is 0 Å². The maximum Gasteiger partial charge on any atom is -0.0164 e. The van der Waals surface area contributed by atoms with E-state index >= 15 is 0 Å². The minimum absolute atomic E-state index is 1.41. The van der Waals surface area contributed by atoms with Crippen molar-refractivity contribution >= 4 is 5.57 Å². The van der Waals surface area contributed by atoms with E-state index in [-0.39, 0.29) is 0 Å². The summed E-state index contributed by atoms with van der Waals surface area (Å²) in [5, 5.41) is 0. The molecular weight excluding hydrogens is 192 g/mol. The van der Waals surface area contributed by atoms with E-state index in [1.165, 1.54) is 44.5 Å². The van der Waals surface area contributed by atoms with Gasteiger partial charge < -0.3 is 0 Å². The van der Waals surface area contributed by atoms with Crippen LogP contribution in [0.15, 0.2) is 5.57 Å². The fourth-order valence-corrected chi connectivity index (χ4v) is 2.31. The average Bonchev–Trinajstić information content (AvgIpc) is 2.23. The van der Waals surface area contributed by atoms with E-state index < -0.39 is 0 Å². The highest BCUT2D eigenvalue weighted by Crippen LogP contribution is 2.32. The van der Waals surface area contributed by atoms with Crippen molar-refractivity contribution in [3.63, 3.8) is 0 Å². The fraction of sp³-hybridized carbons (Fsp3) is 0.500. The van der Waals surface area contributed by atoms with Crippen LogP contribution in [-0.2, 0) is 0 Å². The molecule has 0 aromatic heterocycles. The highest BCUT2D eigenvalue weighted by Gasteiger charge is 2.13. The first-order valence-corrected chi connectivity index (χ1v) is 6.00. The Balaban J connectivity index is 3.72. The van der Waals surface area contributed by atoms with E-state index in [0.717, 1.165) is 0 Å². The second-order valence-electron chi connectivity index (χ2n) is 5.12. The molecule has 0 nitrogen and oxygen atoms in total. The van der Waals surface area contributed by atoms with Crippen LogP contribution in [0, 0.1) is 34.6 Å². The average molecular weight is 216 g/mol. The number of hydrogen-bond donors (Lipinski definition) is 0. The second kappa shape index (κ2) is 4.45. The molecule has 16 heavy (non-hydrogen) atoms. The topological polar surface area (TPSA) is 0 Å². The first-order chi connectivity index (χ1) is 7.29. The molecule has 1 aromatic carbocycles. The number of hydrogen-bond acceptors (Lipinski definition) is 0. The predicted octanol–water partition coefficient (Wildman–Crippen LogP) is 5.04. The van der Waals surface area contributed by atoms with Gasteiger partial charge in [0.15, 0.2) is 0 Å². The minimum Gasteiger partial charge on any atom is -0.0729 e. The van der Waals surface area contributed by atoms with Crippen LogP contribution in [0.1, 0.15) is 54.2 Å². The third-order valence-electron chi connectivity index (χ3n) is 4.12. The summed E-state index contributed by atoms with van der Waals surface area (Å²) in [7, 11) is 0. The van der Waals surface area contributed by atoms with Crippen LogP contribution in [0.2, 0.25) is 0 Å². The standard InChI is InChI=1S/C16H24/c1-9(2)10(3)16-14(7)12(5)11(4)13(6)15(16)8/h1-8H3. The van der Waals surface area contributed by atoms with Crippen LogP contribution in [-0.4, -0.2) is 0 Å². The van der Waals surface area contributed by atoms with Crippen LogP contribution < -0.4 is 0 Å². The summed E-state index contributed by atoms with van der Waals surface area (Å²) in [6.07, 6.45) is 0. The Labute approximate surface area is 100 Å². The van der Waals surface area contributed by atoms with Crippen LogP contribution >= 0.6 is 0 Å². The first kappa shape index (κ1) is 13.0. The highest BCUT2D eigenvalue weighted by atomic mass is 14.2. The zero-order chi connectivity index (χ0) is 12.6. The van der Waals surface area contributed by atoms with Gasteiger partial charge in [-0.25, -0.2) is 0 Å². The van der Waals surface area contributed by atoms with Crippen LogP contribution in [0.25, 0.3) is 5.57 Å². The van der Waals surface area contributed by atoms with Crippen LogP contribution in [0.5, 0.6) is 0 Å². The van der Waals surface area contributed by atoms with E-state index in [9.17, 15) is 0 Å². The molecule has 0 heteroatoms. The van der Waals surface area contributed by atoms with Gasteiger partial charge in [0, 0.05) is 0 Å². The van der Waals surface area contributed by atoms with Gasteiger partial charge in [-0.3, -0.25) is 0 Å². The summed E-state index contributed by atoms with van der Waals surface area (Å²) in [4.78, 5) is 0. The SMILES string of the molecule is CC(C)=C(C)c1c(C)c(C)c(C)c(C)c1C. The smallest absolute Gasteiger partial charge is 0.0164 e. The maximum atomic E-state index is 2.25. The van der Waals surface area contributed by atoms with Gasteiger partial charge in [0.2, 0.25) is 0 Å². The van der Waals surface area contributed by atoms with Gasteiger partial charge in [-0.05, 0) is 94.3 Å². The van der Waals surface area contributed by atoms with E-state index in [1.54, 1.807) is 0 Å². The van der Waals surface area contributed by atoms with Crippen molar-refractivity contribution in [3.05, 3.63) is 39.0 Å². The van der Waals surface area contributed by atoms with Crippen molar-refractivity contribution in [2.75, 3.05) is 0 Å². The largest absolute Gasteiger partial charge is 0.0729 e. The van der Waals surface area contributed by atoms with Crippen LogP contribution in [0.4, 0.5) is 0 Å². The first-order valence-electron chi connectivity index (χ1n) is 6.00. The van der Waals surface area contributed by atoms with Gasteiger partial charge in [-0.2, -0.15) is 0 Å². The molecule has 0 radical (unpaired) electrons. The lowest BCUT2D eigenvalue weighted by atomic mass is 9.85. The van der Waals surface area contributed by atoms with Gasteiger partial charge in [0.1, 0.15) is 0 Å². The summed E-state index contributed by atoms with van der Waals surface area (Å²) >= 11 is 0. The molecule has 0 aliphatic rings. The van der Waals surface area contributed by atoms with E-state index in [2.05, 4.69) is 55.4 Å². The molecule has 1 rings (SSSR count). The normalized spacial score (nSPS) is 10.5. The van der Waals surface area contributed by atoms with Crippen molar-refractivity contribution in [1.82, 2.24) is 0 Å². The van der Waals surface area contributed by atoms with Crippen molar-refractivity contribution in [3.8, 4) is 0 Å². The lowest BCUT2D eigenvalue weighted by Crippen LogP contribution is -2.02. The Morgan fingerprint density at radius 2 is 0.875 bits per heavy atom. The van der Waals surface area contributed by atoms with E-state index in [0.29, 0.717) is 0 Å². The quantitative estimate of drug-likeness (QED) is 0.617. The van der Waals surface area contributed by atoms with Gasteiger partial charge in [-0.15, -0.1) is 0 Å². The third-order valence-corrected chi connectivity index (χ3v) is 4.12. The lowest BCUT2D eigenvalue weighted by Gasteiger charge is -2.20. The van der Waals surface area contributed by atoms with Crippen molar-refractivity contribution < 1.29 is 0 Å². The van der Waals surface area contributed by atoms with E-state index in [1.807, 2.05) is 0 Å². The van der Waals surface area contributed by atoms with Gasteiger partial charge >= 0.3 is 0 Å². The molecule has 0 heterocycles. The lowest BCUT2D eigenvalue weighted by molar-refractivity contribution is 1.15. The summed E-state index contributed by atoms with van der Waals surface area (Å²) in [5.41, 5.74) is 11.5. The van der Waals surface area contributed by atoms with Crippen molar-refractivity contribution in [2.45, 2.75) is 55.4 Å². The Morgan fingerprint density at radius 3 is 1.19 bits per heavy atom. The van der Waals surface area contributed by atoms with Gasteiger partial charge in [0.25, 0.3) is 0 Å². The molecule has 0 atom stereocenters. The third kappa shape index (κ3) is 1.93. The van der Waals surface area contributed by atoms with E-state index in [4.69, 9.17) is 0 Å². The Hall–Kier alpha value is -1.04. The summed E-state index contributed by atoms with van der Waals surface area (Å²) in [5.74, 6) is 0.